The topological polar surface area (TPSA) is 123 Å². The van der Waals surface area contributed by atoms with E-state index in [4.69, 9.17) is 14.2 Å². The summed E-state index contributed by atoms with van der Waals surface area (Å²) in [6, 6.07) is 4.27. The molecule has 0 bridgehead atoms. The molecule has 1 atom stereocenters. The van der Waals surface area contributed by atoms with Crippen LogP contribution in [0.25, 0.3) is 0 Å². The molecule has 162 valence electrons. The normalized spacial score (nSPS) is 17.2. The van der Waals surface area contributed by atoms with Gasteiger partial charge in [-0.25, -0.2) is 8.42 Å². The standard InChI is InChI=1S/C18H27N3O7S/c1-12(2)10-19-17(22)18(23)20-11-16-21(7-8-28-16)29(24,25)13-5-6-14(26-3)15(9-13)27-4/h5-6,9,12,16H,7-8,10-11H2,1-4H3,(H,19,22)(H,20,23)/t16-/m0/s1. The Morgan fingerprint density at radius 1 is 1.17 bits per heavy atom. The summed E-state index contributed by atoms with van der Waals surface area (Å²) in [4.78, 5) is 23.7. The van der Waals surface area contributed by atoms with Crippen LogP contribution in [0.2, 0.25) is 0 Å². The van der Waals surface area contributed by atoms with Gasteiger partial charge >= 0.3 is 11.8 Å². The Morgan fingerprint density at radius 3 is 2.45 bits per heavy atom. The molecule has 0 saturated carbocycles. The maximum absolute atomic E-state index is 13.0. The molecule has 1 fully saturated rings. The first-order chi connectivity index (χ1) is 13.7. The molecule has 0 unspecified atom stereocenters. The van der Waals surface area contributed by atoms with Gasteiger partial charge in [0, 0.05) is 19.2 Å². The van der Waals surface area contributed by atoms with Crippen molar-refractivity contribution >= 4 is 21.8 Å². The Kier molecular flexibility index (Phi) is 7.82. The van der Waals surface area contributed by atoms with Gasteiger partial charge in [0.25, 0.3) is 0 Å². The molecule has 1 aliphatic rings. The average Bonchev–Trinajstić information content (AvgIpc) is 3.18. The highest BCUT2D eigenvalue weighted by molar-refractivity contribution is 7.89. The number of hydrogen-bond donors (Lipinski definition) is 2. The highest BCUT2D eigenvalue weighted by Gasteiger charge is 2.37. The fraction of sp³-hybridized carbons (Fsp3) is 0.556. The van der Waals surface area contributed by atoms with Crippen LogP contribution in [-0.2, 0) is 24.3 Å². The van der Waals surface area contributed by atoms with E-state index in [0.29, 0.717) is 12.3 Å². The van der Waals surface area contributed by atoms with Crippen molar-refractivity contribution in [2.24, 2.45) is 5.92 Å². The molecule has 1 saturated heterocycles. The fourth-order valence-electron chi connectivity index (χ4n) is 2.69. The van der Waals surface area contributed by atoms with E-state index in [-0.39, 0.29) is 36.3 Å². The van der Waals surface area contributed by atoms with Gasteiger partial charge in [0.15, 0.2) is 11.5 Å². The van der Waals surface area contributed by atoms with Crippen LogP contribution < -0.4 is 20.1 Å². The summed E-state index contributed by atoms with van der Waals surface area (Å²) in [7, 11) is -1.05. The second-order valence-corrected chi connectivity index (χ2v) is 8.66. The molecule has 0 radical (unpaired) electrons. The Balaban J connectivity index is 2.07. The van der Waals surface area contributed by atoms with E-state index in [1.165, 1.54) is 32.4 Å². The summed E-state index contributed by atoms with van der Waals surface area (Å²) in [5.41, 5.74) is 0. The molecule has 10 nitrogen and oxygen atoms in total. The third-order valence-electron chi connectivity index (χ3n) is 4.22. The van der Waals surface area contributed by atoms with E-state index >= 15 is 0 Å². The van der Waals surface area contributed by atoms with Crippen molar-refractivity contribution in [3.63, 3.8) is 0 Å². The van der Waals surface area contributed by atoms with E-state index in [9.17, 15) is 18.0 Å². The Labute approximate surface area is 170 Å². The van der Waals surface area contributed by atoms with E-state index in [0.717, 1.165) is 4.31 Å². The predicted molar refractivity (Wildman–Crippen MR) is 104 cm³/mol. The first-order valence-corrected chi connectivity index (χ1v) is 10.6. The van der Waals surface area contributed by atoms with Gasteiger partial charge in [-0.3, -0.25) is 9.59 Å². The van der Waals surface area contributed by atoms with E-state index in [2.05, 4.69) is 10.6 Å². The van der Waals surface area contributed by atoms with Crippen LogP contribution in [-0.4, -0.2) is 71.2 Å². The van der Waals surface area contributed by atoms with Gasteiger partial charge in [0.1, 0.15) is 6.23 Å². The molecule has 2 rings (SSSR count). The SMILES string of the molecule is COc1ccc(S(=O)(=O)N2CCO[C@H]2CNC(=O)C(=O)NCC(C)C)cc1OC. The lowest BCUT2D eigenvalue weighted by Gasteiger charge is -2.23. The number of sulfonamides is 1. The molecule has 0 aromatic heterocycles. The molecule has 1 aromatic carbocycles. The maximum Gasteiger partial charge on any atom is 0.309 e. The zero-order valence-electron chi connectivity index (χ0n) is 16.9. The van der Waals surface area contributed by atoms with Crippen LogP contribution in [0.15, 0.2) is 23.1 Å². The molecule has 29 heavy (non-hydrogen) atoms. The summed E-state index contributed by atoms with van der Waals surface area (Å²) < 4.78 is 42.9. The molecule has 1 aromatic rings. The number of carbonyl (C=O) groups is 2. The van der Waals surface area contributed by atoms with Gasteiger partial charge in [-0.1, -0.05) is 13.8 Å². The largest absolute Gasteiger partial charge is 0.493 e. The van der Waals surface area contributed by atoms with Gasteiger partial charge in [-0.05, 0) is 18.1 Å². The number of rotatable bonds is 8. The van der Waals surface area contributed by atoms with Crippen molar-refractivity contribution in [3.05, 3.63) is 18.2 Å². The molecule has 0 spiro atoms. The Hall–Kier alpha value is -2.37. The highest BCUT2D eigenvalue weighted by Crippen LogP contribution is 2.31. The van der Waals surface area contributed by atoms with Crippen molar-refractivity contribution in [2.45, 2.75) is 25.0 Å². The second kappa shape index (κ2) is 9.90. The molecule has 0 aliphatic carbocycles. The van der Waals surface area contributed by atoms with E-state index in [1.54, 1.807) is 0 Å². The number of nitrogens with zero attached hydrogens (tertiary/aromatic N) is 1. The fourth-order valence-corrected chi connectivity index (χ4v) is 4.22. The second-order valence-electron chi connectivity index (χ2n) is 6.77. The van der Waals surface area contributed by atoms with Crippen molar-refractivity contribution in [1.82, 2.24) is 14.9 Å². The van der Waals surface area contributed by atoms with Crippen LogP contribution in [0, 0.1) is 5.92 Å². The number of amides is 2. The Morgan fingerprint density at radius 2 is 1.83 bits per heavy atom. The smallest absolute Gasteiger partial charge is 0.309 e. The lowest BCUT2D eigenvalue weighted by atomic mass is 10.2. The van der Waals surface area contributed by atoms with Crippen LogP contribution >= 0.6 is 0 Å². The number of benzene rings is 1. The zero-order valence-corrected chi connectivity index (χ0v) is 17.7. The number of methoxy groups -OCH3 is 2. The number of hydrogen-bond acceptors (Lipinski definition) is 7. The third kappa shape index (κ3) is 5.58. The van der Waals surface area contributed by atoms with Crippen LogP contribution in [0.1, 0.15) is 13.8 Å². The molecular weight excluding hydrogens is 402 g/mol. The number of ether oxygens (including phenoxy) is 3. The predicted octanol–water partition coefficient (Wildman–Crippen LogP) is -0.0608. The quantitative estimate of drug-likeness (QED) is 0.555. The minimum absolute atomic E-state index is 0.00616. The molecular formula is C18H27N3O7S. The monoisotopic (exact) mass is 429 g/mol. The summed E-state index contributed by atoms with van der Waals surface area (Å²) in [6.45, 7) is 4.32. The maximum atomic E-state index is 13.0. The molecule has 1 heterocycles. The average molecular weight is 429 g/mol. The molecule has 2 amide bonds. The minimum atomic E-state index is -3.91. The lowest BCUT2D eigenvalue weighted by Crippen LogP contribution is -2.47. The molecule has 11 heteroatoms. The molecule has 2 N–H and O–H groups in total. The van der Waals surface area contributed by atoms with Crippen molar-refractivity contribution < 1.29 is 32.2 Å². The van der Waals surface area contributed by atoms with Crippen LogP contribution in [0.4, 0.5) is 0 Å². The summed E-state index contributed by atoms with van der Waals surface area (Å²) >= 11 is 0. The summed E-state index contributed by atoms with van der Waals surface area (Å²) in [5, 5.41) is 4.91. The number of carbonyl (C=O) groups excluding carboxylic acids is 2. The van der Waals surface area contributed by atoms with Crippen molar-refractivity contribution in [3.8, 4) is 11.5 Å². The third-order valence-corrected chi connectivity index (χ3v) is 6.10. The number of nitrogens with one attached hydrogen (secondary N) is 2. The minimum Gasteiger partial charge on any atom is -0.493 e. The van der Waals surface area contributed by atoms with E-state index < -0.39 is 28.1 Å². The van der Waals surface area contributed by atoms with Crippen molar-refractivity contribution in [2.75, 3.05) is 40.5 Å². The van der Waals surface area contributed by atoms with Gasteiger partial charge in [0.05, 0.1) is 32.3 Å². The highest BCUT2D eigenvalue weighted by atomic mass is 32.2. The molecule has 1 aliphatic heterocycles. The summed E-state index contributed by atoms with van der Waals surface area (Å²) in [6.07, 6.45) is -0.921. The van der Waals surface area contributed by atoms with Gasteiger partial charge < -0.3 is 24.8 Å². The van der Waals surface area contributed by atoms with Crippen LogP contribution in [0.5, 0.6) is 11.5 Å². The van der Waals surface area contributed by atoms with Gasteiger partial charge in [-0.15, -0.1) is 0 Å². The van der Waals surface area contributed by atoms with Gasteiger partial charge in [0.2, 0.25) is 10.0 Å². The van der Waals surface area contributed by atoms with E-state index in [1.807, 2.05) is 13.8 Å². The van der Waals surface area contributed by atoms with Gasteiger partial charge in [-0.2, -0.15) is 4.31 Å². The van der Waals surface area contributed by atoms with Crippen LogP contribution in [0.3, 0.4) is 0 Å². The summed E-state index contributed by atoms with van der Waals surface area (Å²) in [5.74, 6) is -0.733. The Bertz CT molecular complexity index is 842. The first kappa shape index (κ1) is 22.9. The lowest BCUT2D eigenvalue weighted by molar-refractivity contribution is -0.139. The first-order valence-electron chi connectivity index (χ1n) is 9.12. The zero-order chi connectivity index (χ0) is 21.6. The van der Waals surface area contributed by atoms with Crippen molar-refractivity contribution in [1.29, 1.82) is 0 Å².